The van der Waals surface area contributed by atoms with Gasteiger partial charge in [0.1, 0.15) is 6.29 Å². The standard InChI is InChI=1S/C43H74O3/c1-3-5-7-9-11-13-15-17-19-21-23-25-27-29-31-33-37-45-42-36-35-41(40-44)39-43(42)46-38-34-32-30-28-26-24-22-20-18-16-14-12-10-8-6-4-2/h17-20,35-36,39-40H,3-16,21-34,37-38H2,1-2H3. The summed E-state index contributed by atoms with van der Waals surface area (Å²) in [5, 5.41) is 0. The van der Waals surface area contributed by atoms with Crippen LogP contribution in [0.2, 0.25) is 0 Å². The Morgan fingerprint density at radius 1 is 0.435 bits per heavy atom. The highest BCUT2D eigenvalue weighted by Crippen LogP contribution is 2.29. The molecule has 0 aromatic heterocycles. The zero-order valence-electron chi connectivity index (χ0n) is 30.6. The molecule has 1 aromatic carbocycles. The first-order valence-corrected chi connectivity index (χ1v) is 20.0. The van der Waals surface area contributed by atoms with E-state index in [9.17, 15) is 4.79 Å². The maximum atomic E-state index is 11.3. The van der Waals surface area contributed by atoms with Crippen LogP contribution in [0.1, 0.15) is 204 Å². The normalized spacial score (nSPS) is 11.6. The average molecular weight is 639 g/mol. The molecule has 0 atom stereocenters. The van der Waals surface area contributed by atoms with E-state index < -0.39 is 0 Å². The SMILES string of the molecule is CCCCCCCCC=CCCCCCCCCOc1ccc(C=O)cc1OCCCCCCCCC=CCCCCCCCC. The van der Waals surface area contributed by atoms with E-state index in [1.165, 1.54) is 167 Å². The fourth-order valence-electron chi connectivity index (χ4n) is 5.89. The number of aldehydes is 1. The molecule has 0 saturated heterocycles. The second-order valence-electron chi connectivity index (χ2n) is 13.4. The molecule has 0 bridgehead atoms. The van der Waals surface area contributed by atoms with Crippen molar-refractivity contribution in [3.05, 3.63) is 48.1 Å². The van der Waals surface area contributed by atoms with Crippen molar-refractivity contribution in [2.24, 2.45) is 0 Å². The molecule has 0 radical (unpaired) electrons. The van der Waals surface area contributed by atoms with Crippen molar-refractivity contribution >= 4 is 6.29 Å². The Balaban J connectivity index is 2.03. The number of hydrogen-bond acceptors (Lipinski definition) is 3. The first-order chi connectivity index (χ1) is 22.8. The van der Waals surface area contributed by atoms with Gasteiger partial charge in [0.2, 0.25) is 0 Å². The highest BCUT2D eigenvalue weighted by molar-refractivity contribution is 5.76. The number of carbonyl (C=O) groups is 1. The van der Waals surface area contributed by atoms with Crippen LogP contribution in [0.15, 0.2) is 42.5 Å². The van der Waals surface area contributed by atoms with E-state index >= 15 is 0 Å². The topological polar surface area (TPSA) is 35.5 Å². The smallest absolute Gasteiger partial charge is 0.161 e. The van der Waals surface area contributed by atoms with Gasteiger partial charge in [0.05, 0.1) is 13.2 Å². The molecule has 1 aromatic rings. The summed E-state index contributed by atoms with van der Waals surface area (Å²) >= 11 is 0. The Bertz CT molecular complexity index is 842. The molecule has 264 valence electrons. The van der Waals surface area contributed by atoms with E-state index in [1.54, 1.807) is 0 Å². The van der Waals surface area contributed by atoms with Crippen molar-refractivity contribution in [3.8, 4) is 11.5 Å². The highest BCUT2D eigenvalue weighted by Gasteiger charge is 2.07. The van der Waals surface area contributed by atoms with Crippen LogP contribution in [0.25, 0.3) is 0 Å². The molecular formula is C43H74O3. The van der Waals surface area contributed by atoms with Crippen LogP contribution in [0, 0.1) is 0 Å². The summed E-state index contributed by atoms with van der Waals surface area (Å²) in [6.45, 7) is 5.93. The van der Waals surface area contributed by atoms with Crippen LogP contribution >= 0.6 is 0 Å². The largest absolute Gasteiger partial charge is 0.490 e. The fraction of sp³-hybridized carbons (Fsp3) is 0.744. The van der Waals surface area contributed by atoms with Gasteiger partial charge in [0, 0.05) is 5.56 Å². The van der Waals surface area contributed by atoms with E-state index in [0.29, 0.717) is 24.5 Å². The van der Waals surface area contributed by atoms with Crippen LogP contribution < -0.4 is 9.47 Å². The predicted octanol–water partition coefficient (Wildman–Crippen LogP) is 14.3. The second kappa shape index (κ2) is 34.3. The fourth-order valence-corrected chi connectivity index (χ4v) is 5.89. The Kier molecular flexibility index (Phi) is 31.3. The van der Waals surface area contributed by atoms with E-state index in [1.807, 2.05) is 18.2 Å². The molecule has 0 aliphatic rings. The molecule has 1 rings (SSSR count). The Morgan fingerprint density at radius 3 is 1.17 bits per heavy atom. The maximum Gasteiger partial charge on any atom is 0.161 e. The van der Waals surface area contributed by atoms with Gasteiger partial charge in [-0.25, -0.2) is 0 Å². The molecule has 0 amide bonds. The average Bonchev–Trinajstić information content (AvgIpc) is 3.07. The molecule has 0 unspecified atom stereocenters. The molecular weight excluding hydrogens is 564 g/mol. The first-order valence-electron chi connectivity index (χ1n) is 20.0. The first kappa shape index (κ1) is 42.0. The molecule has 46 heavy (non-hydrogen) atoms. The van der Waals surface area contributed by atoms with Crippen LogP contribution in [0.4, 0.5) is 0 Å². The minimum Gasteiger partial charge on any atom is -0.490 e. The Labute approximate surface area is 286 Å². The van der Waals surface area contributed by atoms with Crippen molar-refractivity contribution in [3.63, 3.8) is 0 Å². The van der Waals surface area contributed by atoms with Gasteiger partial charge in [0.25, 0.3) is 0 Å². The number of allylic oxidation sites excluding steroid dienone is 4. The van der Waals surface area contributed by atoms with E-state index in [4.69, 9.17) is 9.47 Å². The number of carbonyl (C=O) groups excluding carboxylic acids is 1. The lowest BCUT2D eigenvalue weighted by Crippen LogP contribution is -2.03. The molecule has 3 heteroatoms. The second-order valence-corrected chi connectivity index (χ2v) is 13.4. The minimum absolute atomic E-state index is 0.639. The zero-order valence-corrected chi connectivity index (χ0v) is 30.6. The van der Waals surface area contributed by atoms with Crippen LogP contribution in [-0.2, 0) is 0 Å². The van der Waals surface area contributed by atoms with Crippen molar-refractivity contribution in [2.75, 3.05) is 13.2 Å². The number of unbranched alkanes of at least 4 members (excludes halogenated alkanes) is 24. The third kappa shape index (κ3) is 27.1. The molecule has 3 nitrogen and oxygen atoms in total. The molecule has 0 heterocycles. The van der Waals surface area contributed by atoms with Gasteiger partial charge in [-0.2, -0.15) is 0 Å². The van der Waals surface area contributed by atoms with Crippen molar-refractivity contribution in [1.29, 1.82) is 0 Å². The highest BCUT2D eigenvalue weighted by atomic mass is 16.5. The number of rotatable bonds is 35. The van der Waals surface area contributed by atoms with Crippen molar-refractivity contribution < 1.29 is 14.3 Å². The zero-order chi connectivity index (χ0) is 33.0. The number of ether oxygens (including phenoxy) is 2. The van der Waals surface area contributed by atoms with Gasteiger partial charge in [-0.3, -0.25) is 4.79 Å². The van der Waals surface area contributed by atoms with E-state index in [-0.39, 0.29) is 0 Å². The molecule has 0 fully saturated rings. The van der Waals surface area contributed by atoms with Gasteiger partial charge < -0.3 is 9.47 Å². The molecule has 0 aliphatic carbocycles. The Hall–Kier alpha value is -2.03. The monoisotopic (exact) mass is 639 g/mol. The summed E-state index contributed by atoms with van der Waals surface area (Å²) in [4.78, 5) is 11.3. The van der Waals surface area contributed by atoms with Crippen LogP contribution in [0.5, 0.6) is 11.5 Å². The lowest BCUT2D eigenvalue weighted by molar-refractivity contribution is 0.112. The van der Waals surface area contributed by atoms with Gasteiger partial charge in [-0.15, -0.1) is 0 Å². The summed E-state index contributed by atoms with van der Waals surface area (Å²) in [5.74, 6) is 1.48. The van der Waals surface area contributed by atoms with E-state index in [2.05, 4.69) is 38.2 Å². The Morgan fingerprint density at radius 2 is 0.783 bits per heavy atom. The molecule has 0 saturated carbocycles. The lowest BCUT2D eigenvalue weighted by Gasteiger charge is -2.13. The van der Waals surface area contributed by atoms with Crippen molar-refractivity contribution in [2.45, 2.75) is 194 Å². The summed E-state index contributed by atoms with van der Waals surface area (Å²) in [7, 11) is 0. The molecule has 0 spiro atoms. The van der Waals surface area contributed by atoms with Crippen LogP contribution in [-0.4, -0.2) is 19.5 Å². The number of hydrogen-bond donors (Lipinski definition) is 0. The van der Waals surface area contributed by atoms with Crippen LogP contribution in [0.3, 0.4) is 0 Å². The number of benzene rings is 1. The van der Waals surface area contributed by atoms with Gasteiger partial charge in [-0.05, 0) is 82.4 Å². The quantitative estimate of drug-likeness (QED) is 0.0421. The maximum absolute atomic E-state index is 11.3. The summed E-state index contributed by atoms with van der Waals surface area (Å²) in [5.41, 5.74) is 0.639. The van der Waals surface area contributed by atoms with Gasteiger partial charge in [0.15, 0.2) is 11.5 Å². The summed E-state index contributed by atoms with van der Waals surface area (Å²) in [6.07, 6.45) is 46.9. The van der Waals surface area contributed by atoms with Gasteiger partial charge >= 0.3 is 0 Å². The minimum atomic E-state index is 0.639. The third-order valence-corrected chi connectivity index (χ3v) is 8.93. The summed E-state index contributed by atoms with van der Waals surface area (Å²) < 4.78 is 12.2. The molecule has 0 aliphatic heterocycles. The molecule has 0 N–H and O–H groups in total. The van der Waals surface area contributed by atoms with Gasteiger partial charge in [-0.1, -0.05) is 154 Å². The van der Waals surface area contributed by atoms with E-state index in [0.717, 1.165) is 24.9 Å². The third-order valence-electron chi connectivity index (χ3n) is 8.93. The lowest BCUT2D eigenvalue weighted by atomic mass is 10.1. The van der Waals surface area contributed by atoms with Crippen molar-refractivity contribution in [1.82, 2.24) is 0 Å². The summed E-state index contributed by atoms with van der Waals surface area (Å²) in [6, 6.07) is 5.53. The predicted molar refractivity (Wildman–Crippen MR) is 202 cm³/mol.